The van der Waals surface area contributed by atoms with Crippen LogP contribution in [-0.2, 0) is 4.79 Å². The maximum atomic E-state index is 12.8. The lowest BCUT2D eigenvalue weighted by Gasteiger charge is -2.34. The van der Waals surface area contributed by atoms with Crippen LogP contribution in [0.5, 0.6) is 0 Å². The first-order valence-corrected chi connectivity index (χ1v) is 8.78. The van der Waals surface area contributed by atoms with E-state index in [1.165, 1.54) is 19.3 Å². The molecule has 1 N–H and O–H groups in total. The maximum absolute atomic E-state index is 12.8. The van der Waals surface area contributed by atoms with Gasteiger partial charge in [0, 0.05) is 13.1 Å². The second kappa shape index (κ2) is 6.98. The zero-order valence-electron chi connectivity index (χ0n) is 12.4. The number of nitrogens with zero attached hydrogens (tertiary/aromatic N) is 1. The molecule has 19 heavy (non-hydrogen) atoms. The van der Waals surface area contributed by atoms with Crippen LogP contribution in [0.4, 0.5) is 0 Å². The van der Waals surface area contributed by atoms with Gasteiger partial charge in [0.1, 0.15) is 0 Å². The molecule has 4 heteroatoms. The number of rotatable bonds is 5. The van der Waals surface area contributed by atoms with Crippen molar-refractivity contribution >= 4 is 17.7 Å². The Morgan fingerprint density at radius 2 is 2.16 bits per heavy atom. The van der Waals surface area contributed by atoms with E-state index in [4.69, 9.17) is 0 Å². The SMILES string of the molecule is CCCN(CC1CCNCC1)C(=O)C1(C)CCCS1. The predicted octanol–water partition coefficient (Wildman–Crippen LogP) is 2.51. The average molecular weight is 284 g/mol. The van der Waals surface area contributed by atoms with E-state index in [1.807, 2.05) is 11.8 Å². The third-order valence-corrected chi connectivity index (χ3v) is 5.90. The van der Waals surface area contributed by atoms with E-state index in [1.54, 1.807) is 0 Å². The van der Waals surface area contributed by atoms with Gasteiger partial charge in [0.25, 0.3) is 0 Å². The van der Waals surface area contributed by atoms with Crippen molar-refractivity contribution in [2.75, 3.05) is 31.9 Å². The number of nitrogens with one attached hydrogen (secondary N) is 1. The van der Waals surface area contributed by atoms with Crippen LogP contribution in [0.2, 0.25) is 0 Å². The monoisotopic (exact) mass is 284 g/mol. The van der Waals surface area contributed by atoms with Crippen molar-refractivity contribution in [1.82, 2.24) is 10.2 Å². The summed E-state index contributed by atoms with van der Waals surface area (Å²) in [7, 11) is 0. The zero-order valence-corrected chi connectivity index (χ0v) is 13.2. The van der Waals surface area contributed by atoms with Crippen LogP contribution in [0, 0.1) is 5.92 Å². The van der Waals surface area contributed by atoms with Gasteiger partial charge in [-0.2, -0.15) is 0 Å². The summed E-state index contributed by atoms with van der Waals surface area (Å²) in [5.74, 6) is 2.25. The van der Waals surface area contributed by atoms with Crippen LogP contribution in [0.1, 0.15) is 46.0 Å². The minimum Gasteiger partial charge on any atom is -0.341 e. The minimum absolute atomic E-state index is 0.137. The fourth-order valence-corrected chi connectivity index (χ4v) is 4.48. The minimum atomic E-state index is -0.137. The summed E-state index contributed by atoms with van der Waals surface area (Å²) in [5, 5.41) is 3.40. The van der Waals surface area contributed by atoms with Crippen LogP contribution in [-0.4, -0.2) is 47.5 Å². The lowest BCUT2D eigenvalue weighted by Crippen LogP contribution is -2.47. The Morgan fingerprint density at radius 1 is 1.42 bits per heavy atom. The standard InChI is InChI=1S/C15H28N2OS/c1-3-10-17(12-13-5-8-16-9-6-13)14(18)15(2)7-4-11-19-15/h13,16H,3-12H2,1-2H3. The molecule has 2 aliphatic rings. The van der Waals surface area contributed by atoms with Gasteiger partial charge in [0.15, 0.2) is 0 Å². The van der Waals surface area contributed by atoms with Gasteiger partial charge in [0.2, 0.25) is 5.91 Å². The first-order valence-electron chi connectivity index (χ1n) is 7.80. The molecule has 0 aliphatic carbocycles. The average Bonchev–Trinajstić information content (AvgIpc) is 2.87. The molecule has 0 aromatic rings. The molecule has 0 spiro atoms. The van der Waals surface area contributed by atoms with Gasteiger partial charge in [-0.05, 0) is 63.8 Å². The van der Waals surface area contributed by atoms with Crippen molar-refractivity contribution in [2.24, 2.45) is 5.92 Å². The van der Waals surface area contributed by atoms with Crippen LogP contribution in [0.15, 0.2) is 0 Å². The number of amides is 1. The van der Waals surface area contributed by atoms with Gasteiger partial charge in [-0.25, -0.2) is 0 Å². The third-order valence-electron chi connectivity index (χ3n) is 4.39. The summed E-state index contributed by atoms with van der Waals surface area (Å²) in [6.07, 6.45) is 5.76. The van der Waals surface area contributed by atoms with Crippen LogP contribution >= 0.6 is 11.8 Å². The van der Waals surface area contributed by atoms with Crippen molar-refractivity contribution in [3.05, 3.63) is 0 Å². The van der Waals surface area contributed by atoms with Crippen molar-refractivity contribution in [2.45, 2.75) is 50.7 Å². The smallest absolute Gasteiger partial charge is 0.238 e. The van der Waals surface area contributed by atoms with E-state index in [2.05, 4.69) is 24.1 Å². The highest BCUT2D eigenvalue weighted by molar-refractivity contribution is 8.01. The highest BCUT2D eigenvalue weighted by atomic mass is 32.2. The predicted molar refractivity (Wildman–Crippen MR) is 82.6 cm³/mol. The number of carbonyl (C=O) groups is 1. The van der Waals surface area contributed by atoms with Crippen molar-refractivity contribution in [3.8, 4) is 0 Å². The molecule has 0 aromatic heterocycles. The number of hydrogen-bond donors (Lipinski definition) is 1. The largest absolute Gasteiger partial charge is 0.341 e. The maximum Gasteiger partial charge on any atom is 0.238 e. The first kappa shape index (κ1) is 15.2. The second-order valence-corrected chi connectivity index (χ2v) is 7.73. The molecule has 2 aliphatic heterocycles. The molecule has 3 nitrogen and oxygen atoms in total. The lowest BCUT2D eigenvalue weighted by molar-refractivity contribution is -0.134. The first-order chi connectivity index (χ1) is 9.15. The zero-order chi connectivity index (χ0) is 13.7. The molecule has 0 aromatic carbocycles. The van der Waals surface area contributed by atoms with Gasteiger partial charge < -0.3 is 10.2 Å². The molecule has 1 atom stereocenters. The number of carbonyl (C=O) groups excluding carboxylic acids is 1. The molecule has 1 unspecified atom stereocenters. The van der Waals surface area contributed by atoms with Gasteiger partial charge >= 0.3 is 0 Å². The Bertz CT molecular complexity index is 297. The molecule has 2 heterocycles. The Hall–Kier alpha value is -0.220. The normalized spacial score (nSPS) is 28.5. The van der Waals surface area contributed by atoms with Gasteiger partial charge in [-0.1, -0.05) is 6.92 Å². The molecule has 1 amide bonds. The van der Waals surface area contributed by atoms with E-state index in [0.29, 0.717) is 11.8 Å². The fraction of sp³-hybridized carbons (Fsp3) is 0.933. The molecular formula is C15H28N2OS. The highest BCUT2D eigenvalue weighted by Crippen LogP contribution is 2.39. The summed E-state index contributed by atoms with van der Waals surface area (Å²) in [6, 6.07) is 0. The Morgan fingerprint density at radius 3 is 2.74 bits per heavy atom. The molecule has 0 saturated carbocycles. The molecular weight excluding hydrogens is 256 g/mol. The Kier molecular flexibility index (Phi) is 5.58. The molecule has 2 saturated heterocycles. The Balaban J connectivity index is 1.95. The van der Waals surface area contributed by atoms with E-state index >= 15 is 0 Å². The molecule has 110 valence electrons. The quantitative estimate of drug-likeness (QED) is 0.842. The topological polar surface area (TPSA) is 32.3 Å². The van der Waals surface area contributed by atoms with Crippen molar-refractivity contribution < 1.29 is 4.79 Å². The van der Waals surface area contributed by atoms with E-state index in [-0.39, 0.29) is 4.75 Å². The summed E-state index contributed by atoms with van der Waals surface area (Å²) < 4.78 is -0.137. The van der Waals surface area contributed by atoms with Crippen LogP contribution in [0.3, 0.4) is 0 Å². The second-order valence-electron chi connectivity index (χ2n) is 6.13. The van der Waals surface area contributed by atoms with Gasteiger partial charge in [-0.15, -0.1) is 11.8 Å². The summed E-state index contributed by atoms with van der Waals surface area (Å²) in [4.78, 5) is 15.0. The summed E-state index contributed by atoms with van der Waals surface area (Å²) in [6.45, 7) is 8.46. The molecule has 2 rings (SSSR count). The fourth-order valence-electron chi connectivity index (χ4n) is 3.20. The van der Waals surface area contributed by atoms with Crippen LogP contribution in [0.25, 0.3) is 0 Å². The Labute approximate surface area is 121 Å². The van der Waals surface area contributed by atoms with E-state index in [9.17, 15) is 4.79 Å². The number of piperidine rings is 1. The van der Waals surface area contributed by atoms with Crippen molar-refractivity contribution in [3.63, 3.8) is 0 Å². The number of hydrogen-bond acceptors (Lipinski definition) is 3. The van der Waals surface area contributed by atoms with E-state index < -0.39 is 0 Å². The molecule has 0 bridgehead atoms. The van der Waals surface area contributed by atoms with E-state index in [0.717, 1.165) is 44.8 Å². The molecule has 2 fully saturated rings. The summed E-state index contributed by atoms with van der Waals surface area (Å²) in [5.41, 5.74) is 0. The molecule has 0 radical (unpaired) electrons. The number of thioether (sulfide) groups is 1. The van der Waals surface area contributed by atoms with Gasteiger partial charge in [-0.3, -0.25) is 4.79 Å². The highest BCUT2D eigenvalue weighted by Gasteiger charge is 2.40. The van der Waals surface area contributed by atoms with Crippen LogP contribution < -0.4 is 5.32 Å². The summed E-state index contributed by atoms with van der Waals surface area (Å²) >= 11 is 1.87. The van der Waals surface area contributed by atoms with Crippen molar-refractivity contribution in [1.29, 1.82) is 0 Å². The van der Waals surface area contributed by atoms with Gasteiger partial charge in [0.05, 0.1) is 4.75 Å². The third kappa shape index (κ3) is 3.88. The lowest BCUT2D eigenvalue weighted by atomic mass is 9.96.